The van der Waals surface area contributed by atoms with E-state index in [1.54, 1.807) is 24.3 Å². The molecule has 9 nitrogen and oxygen atoms in total. The van der Waals surface area contributed by atoms with Crippen molar-refractivity contribution in [3.8, 4) is 0 Å². The van der Waals surface area contributed by atoms with Crippen LogP contribution >= 0.6 is 0 Å². The maximum atomic E-state index is 11.9. The van der Waals surface area contributed by atoms with E-state index in [1.165, 1.54) is 9.48 Å². The van der Waals surface area contributed by atoms with Gasteiger partial charge in [0.2, 0.25) is 11.6 Å². The molecule has 2 aliphatic heterocycles. The summed E-state index contributed by atoms with van der Waals surface area (Å²) in [5, 5.41) is 0. The van der Waals surface area contributed by atoms with E-state index in [1.807, 2.05) is 65.0 Å². The second-order valence-electron chi connectivity index (χ2n) is 10.9. The summed E-state index contributed by atoms with van der Waals surface area (Å²) in [6.07, 6.45) is 3.62. The molecule has 0 aromatic heterocycles. The Morgan fingerprint density at radius 1 is 0.974 bits per heavy atom. The van der Waals surface area contributed by atoms with Crippen molar-refractivity contribution in [2.45, 2.75) is 52.0 Å². The van der Waals surface area contributed by atoms with Crippen molar-refractivity contribution < 1.29 is 30.5 Å². The van der Waals surface area contributed by atoms with Crippen molar-refractivity contribution in [2.75, 3.05) is 16.7 Å². The highest BCUT2D eigenvalue weighted by Crippen LogP contribution is 2.48. The maximum absolute atomic E-state index is 11.9. The van der Waals surface area contributed by atoms with E-state index in [9.17, 15) is 25.9 Å². The lowest BCUT2D eigenvalue weighted by Gasteiger charge is -2.28. The van der Waals surface area contributed by atoms with Gasteiger partial charge in [0.05, 0.1) is 5.41 Å². The summed E-state index contributed by atoms with van der Waals surface area (Å²) in [5.41, 5.74) is 10.4. The van der Waals surface area contributed by atoms with Gasteiger partial charge in [-0.25, -0.2) is 16.8 Å². The van der Waals surface area contributed by atoms with E-state index in [0.717, 1.165) is 16.7 Å². The van der Waals surface area contributed by atoms with E-state index in [2.05, 4.69) is 0 Å². The van der Waals surface area contributed by atoms with E-state index >= 15 is 0 Å². The SMILES string of the molecule is CC(=CC1=[N+](CS(=O)(=O)[O-])c2ccccc2C1(C)C)C=C1N(CS(=O)(=O)[O-])c2ccc(CN)cc2C1(C)C. The van der Waals surface area contributed by atoms with Gasteiger partial charge in [-0.3, -0.25) is 0 Å². The van der Waals surface area contributed by atoms with E-state index in [4.69, 9.17) is 5.73 Å². The zero-order chi connectivity index (χ0) is 28.3. The molecule has 0 saturated heterocycles. The van der Waals surface area contributed by atoms with Crippen molar-refractivity contribution in [2.24, 2.45) is 5.73 Å². The van der Waals surface area contributed by atoms with Crippen LogP contribution < -0.4 is 10.6 Å². The van der Waals surface area contributed by atoms with E-state index < -0.39 is 42.8 Å². The second-order valence-corrected chi connectivity index (χ2v) is 13.6. The van der Waals surface area contributed by atoms with Gasteiger partial charge in [-0.2, -0.15) is 4.58 Å². The predicted molar refractivity (Wildman–Crippen MR) is 145 cm³/mol. The standard InChI is InChI=1S/C27H33N3O6S2/c1-18(12-24-26(2,3)20-8-6-7-9-22(20)29(24)16-37(31,32)33)13-25-27(4,5)21-14-19(15-28)10-11-23(21)30(25)17-38(34,35)36/h6-14H,15-17,28H2,1-5H3,(H-,31,32,33,34,35,36)/p-1. The lowest BCUT2D eigenvalue weighted by Crippen LogP contribution is -2.31. The molecule has 0 atom stereocenters. The zero-order valence-corrected chi connectivity index (χ0v) is 23.7. The highest BCUT2D eigenvalue weighted by atomic mass is 32.2. The third-order valence-corrected chi connectivity index (χ3v) is 8.44. The Morgan fingerprint density at radius 2 is 1.63 bits per heavy atom. The van der Waals surface area contributed by atoms with Crippen molar-refractivity contribution in [3.05, 3.63) is 82.6 Å². The molecule has 0 amide bonds. The Hall–Kier alpha value is -2.83. The molecule has 4 rings (SSSR count). The van der Waals surface area contributed by atoms with Crippen LogP contribution in [0.2, 0.25) is 0 Å². The Kier molecular flexibility index (Phi) is 6.99. The maximum Gasteiger partial charge on any atom is 0.237 e. The molecule has 2 aromatic rings. The quantitative estimate of drug-likeness (QED) is 0.403. The molecule has 0 saturated carbocycles. The molecule has 204 valence electrons. The Bertz CT molecular complexity index is 1620. The number of nitrogens with two attached hydrogens (primary N) is 1. The first kappa shape index (κ1) is 28.2. The number of hydrogen-bond donors (Lipinski definition) is 1. The van der Waals surface area contributed by atoms with Gasteiger partial charge in [-0.1, -0.05) is 44.2 Å². The first-order valence-corrected chi connectivity index (χ1v) is 15.2. The predicted octanol–water partition coefficient (Wildman–Crippen LogP) is 3.15. The van der Waals surface area contributed by atoms with Gasteiger partial charge in [0.15, 0.2) is 15.8 Å². The molecule has 0 aliphatic carbocycles. The van der Waals surface area contributed by atoms with E-state index in [-0.39, 0.29) is 0 Å². The van der Waals surface area contributed by atoms with Crippen LogP contribution in [0, 0.1) is 0 Å². The molecule has 2 N–H and O–H groups in total. The fraction of sp³-hybridized carbons (Fsp3) is 0.370. The smallest absolute Gasteiger partial charge is 0.237 e. The molecule has 2 aliphatic rings. The van der Waals surface area contributed by atoms with Gasteiger partial charge in [0.25, 0.3) is 0 Å². The molecule has 11 heteroatoms. The van der Waals surface area contributed by atoms with Gasteiger partial charge >= 0.3 is 0 Å². The summed E-state index contributed by atoms with van der Waals surface area (Å²) in [6.45, 7) is 9.93. The molecule has 0 radical (unpaired) electrons. The summed E-state index contributed by atoms with van der Waals surface area (Å²) in [7, 11) is -9.21. The van der Waals surface area contributed by atoms with Gasteiger partial charge in [-0.05, 0) is 49.6 Å². The van der Waals surface area contributed by atoms with Crippen LogP contribution in [0.1, 0.15) is 51.3 Å². The van der Waals surface area contributed by atoms with Crippen LogP contribution in [0.4, 0.5) is 11.4 Å². The normalized spacial score (nSPS) is 19.7. The largest absolute Gasteiger partial charge is 0.747 e. The minimum Gasteiger partial charge on any atom is -0.747 e. The highest BCUT2D eigenvalue weighted by Gasteiger charge is 2.45. The van der Waals surface area contributed by atoms with Crippen LogP contribution in [-0.2, 0) is 37.6 Å². The van der Waals surface area contributed by atoms with E-state index in [0.29, 0.717) is 34.9 Å². The lowest BCUT2D eigenvalue weighted by molar-refractivity contribution is -0.416. The minimum atomic E-state index is -4.62. The fourth-order valence-electron chi connectivity index (χ4n) is 5.48. The Morgan fingerprint density at radius 3 is 2.24 bits per heavy atom. The van der Waals surface area contributed by atoms with Crippen molar-refractivity contribution in [3.63, 3.8) is 0 Å². The molecule has 0 spiro atoms. The Labute approximate surface area is 224 Å². The third kappa shape index (κ3) is 5.21. The molecule has 38 heavy (non-hydrogen) atoms. The molecular formula is C27H32N3O6S2-. The van der Waals surface area contributed by atoms with Crippen molar-refractivity contribution in [1.29, 1.82) is 0 Å². The van der Waals surface area contributed by atoms with Gasteiger partial charge in [0.1, 0.15) is 16.0 Å². The monoisotopic (exact) mass is 558 g/mol. The molecule has 2 aromatic carbocycles. The average Bonchev–Trinajstić information content (AvgIpc) is 3.12. The van der Waals surface area contributed by atoms with Gasteiger partial charge in [-0.15, -0.1) is 0 Å². The fourth-order valence-corrected chi connectivity index (χ4v) is 6.67. The van der Waals surface area contributed by atoms with Crippen molar-refractivity contribution in [1.82, 2.24) is 0 Å². The summed E-state index contributed by atoms with van der Waals surface area (Å²) in [6, 6.07) is 12.8. The topological polar surface area (TPSA) is 147 Å². The van der Waals surface area contributed by atoms with Crippen molar-refractivity contribution >= 4 is 37.3 Å². The van der Waals surface area contributed by atoms with Crippen LogP contribution in [0.25, 0.3) is 0 Å². The summed E-state index contributed by atoms with van der Waals surface area (Å²) in [4.78, 5) is 1.51. The zero-order valence-electron chi connectivity index (χ0n) is 22.1. The summed E-state index contributed by atoms with van der Waals surface area (Å²) in [5.74, 6) is -1.46. The van der Waals surface area contributed by atoms with Gasteiger partial charge in [0, 0.05) is 41.1 Å². The number of rotatable bonds is 7. The minimum absolute atomic E-state index is 0.313. The molecule has 0 unspecified atom stereocenters. The highest BCUT2D eigenvalue weighted by molar-refractivity contribution is 7.85. The van der Waals surface area contributed by atoms with Crippen LogP contribution in [0.15, 0.2) is 65.9 Å². The Balaban J connectivity index is 1.90. The number of para-hydroxylation sites is 1. The number of hydrogen-bond acceptors (Lipinski definition) is 8. The molecular weight excluding hydrogens is 526 g/mol. The summed E-state index contributed by atoms with van der Waals surface area (Å²) >= 11 is 0. The number of benzene rings is 2. The molecule has 0 fully saturated rings. The van der Waals surface area contributed by atoms with Crippen LogP contribution in [-0.4, -0.2) is 48.0 Å². The third-order valence-electron chi connectivity index (χ3n) is 7.29. The second kappa shape index (κ2) is 9.42. The van der Waals surface area contributed by atoms with Crippen LogP contribution in [0.5, 0.6) is 0 Å². The lowest BCUT2D eigenvalue weighted by atomic mass is 9.80. The van der Waals surface area contributed by atoms with Gasteiger partial charge < -0.3 is 19.7 Å². The first-order chi connectivity index (χ1) is 17.5. The first-order valence-electron chi connectivity index (χ1n) is 12.1. The average molecular weight is 559 g/mol. The molecule has 2 heterocycles. The number of fused-ring (bicyclic) bond motifs is 2. The number of allylic oxidation sites excluding steroid dienone is 4. The summed E-state index contributed by atoms with van der Waals surface area (Å²) < 4.78 is 72.6. The number of anilines is 1. The van der Waals surface area contributed by atoms with Crippen LogP contribution in [0.3, 0.4) is 0 Å². The molecule has 0 bridgehead atoms. The number of nitrogens with zero attached hydrogens (tertiary/aromatic N) is 2.